The molecule has 5 rings (SSSR count). The number of carbonyl (C=O) groups excluding carboxylic acids is 2. The first-order chi connectivity index (χ1) is 13.5. The summed E-state index contributed by atoms with van der Waals surface area (Å²) in [6, 6.07) is 6.14. The summed E-state index contributed by atoms with van der Waals surface area (Å²) in [5.74, 6) is 0.935. The first-order valence-corrected chi connectivity index (χ1v) is 10.3. The summed E-state index contributed by atoms with van der Waals surface area (Å²) in [6.07, 6.45) is 6.27. The van der Waals surface area contributed by atoms with Crippen LogP contribution in [-0.4, -0.2) is 52.8 Å². The SMILES string of the molecule is COc1ccc2[nH]c3c(c2c1)CCN1C(=O)CN(C2CCCCC2)C(=O)[C@]31C. The van der Waals surface area contributed by atoms with E-state index in [1.54, 1.807) is 12.0 Å². The monoisotopic (exact) mass is 381 g/mol. The van der Waals surface area contributed by atoms with Crippen LogP contribution in [0.2, 0.25) is 0 Å². The second kappa shape index (κ2) is 6.26. The van der Waals surface area contributed by atoms with Gasteiger partial charge in [0.1, 0.15) is 12.3 Å². The third kappa shape index (κ3) is 2.33. The van der Waals surface area contributed by atoms with Crippen molar-refractivity contribution >= 4 is 22.7 Å². The smallest absolute Gasteiger partial charge is 0.255 e. The molecule has 1 saturated carbocycles. The maximum absolute atomic E-state index is 13.8. The molecule has 1 aliphatic carbocycles. The van der Waals surface area contributed by atoms with Crippen molar-refractivity contribution in [3.63, 3.8) is 0 Å². The fourth-order valence-electron chi connectivity index (χ4n) is 5.48. The molecule has 0 bridgehead atoms. The van der Waals surface area contributed by atoms with Gasteiger partial charge in [0.05, 0.1) is 12.8 Å². The quantitative estimate of drug-likeness (QED) is 0.870. The zero-order valence-corrected chi connectivity index (χ0v) is 16.6. The summed E-state index contributed by atoms with van der Waals surface area (Å²) in [4.78, 5) is 34.0. The van der Waals surface area contributed by atoms with Gasteiger partial charge in [0.2, 0.25) is 5.91 Å². The summed E-state index contributed by atoms with van der Waals surface area (Å²) < 4.78 is 5.40. The zero-order valence-electron chi connectivity index (χ0n) is 16.6. The molecular weight excluding hydrogens is 354 g/mol. The molecule has 0 radical (unpaired) electrons. The maximum Gasteiger partial charge on any atom is 0.255 e. The summed E-state index contributed by atoms with van der Waals surface area (Å²) in [5.41, 5.74) is 2.05. The van der Waals surface area contributed by atoms with Crippen molar-refractivity contribution in [3.8, 4) is 5.75 Å². The Morgan fingerprint density at radius 1 is 1.18 bits per heavy atom. The maximum atomic E-state index is 13.8. The number of fused-ring (bicyclic) bond motifs is 5. The van der Waals surface area contributed by atoms with E-state index in [-0.39, 0.29) is 24.4 Å². The molecular formula is C22H27N3O3. The van der Waals surface area contributed by atoms with Crippen LogP contribution in [0.25, 0.3) is 10.9 Å². The molecule has 3 heterocycles. The average molecular weight is 381 g/mol. The number of benzene rings is 1. The molecule has 6 heteroatoms. The number of piperazine rings is 1. The number of amides is 2. The van der Waals surface area contributed by atoms with Gasteiger partial charge in [-0.1, -0.05) is 19.3 Å². The zero-order chi connectivity index (χ0) is 19.5. The highest BCUT2D eigenvalue weighted by Gasteiger charge is 2.55. The van der Waals surface area contributed by atoms with E-state index >= 15 is 0 Å². The van der Waals surface area contributed by atoms with Gasteiger partial charge in [0.15, 0.2) is 5.54 Å². The molecule has 6 nitrogen and oxygen atoms in total. The molecule has 1 aromatic carbocycles. The van der Waals surface area contributed by atoms with Crippen LogP contribution < -0.4 is 4.74 Å². The highest BCUT2D eigenvalue weighted by Crippen LogP contribution is 2.43. The summed E-state index contributed by atoms with van der Waals surface area (Å²) in [6.45, 7) is 2.73. The number of carbonyl (C=O) groups is 2. The van der Waals surface area contributed by atoms with Gasteiger partial charge in [0.25, 0.3) is 5.91 Å². The van der Waals surface area contributed by atoms with Crippen molar-refractivity contribution < 1.29 is 14.3 Å². The fourth-order valence-corrected chi connectivity index (χ4v) is 5.48. The Balaban J connectivity index is 1.62. The lowest BCUT2D eigenvalue weighted by molar-refractivity contribution is -0.169. The van der Waals surface area contributed by atoms with Crippen molar-refractivity contribution in [2.45, 2.75) is 57.0 Å². The van der Waals surface area contributed by atoms with Crippen molar-refractivity contribution in [2.24, 2.45) is 0 Å². The van der Waals surface area contributed by atoms with Crippen molar-refractivity contribution in [1.29, 1.82) is 0 Å². The number of aromatic amines is 1. The first-order valence-electron chi connectivity index (χ1n) is 10.3. The van der Waals surface area contributed by atoms with Gasteiger partial charge < -0.3 is 19.5 Å². The van der Waals surface area contributed by atoms with Gasteiger partial charge in [0, 0.05) is 23.5 Å². The van der Waals surface area contributed by atoms with E-state index < -0.39 is 5.54 Å². The van der Waals surface area contributed by atoms with Gasteiger partial charge >= 0.3 is 0 Å². The number of ether oxygens (including phenoxy) is 1. The minimum absolute atomic E-state index is 0.0644. The molecule has 1 aromatic heterocycles. The van der Waals surface area contributed by atoms with Crippen LogP contribution >= 0.6 is 0 Å². The van der Waals surface area contributed by atoms with E-state index in [1.165, 1.54) is 6.42 Å². The van der Waals surface area contributed by atoms with E-state index in [0.29, 0.717) is 6.54 Å². The van der Waals surface area contributed by atoms with E-state index in [9.17, 15) is 9.59 Å². The topological polar surface area (TPSA) is 65.6 Å². The van der Waals surface area contributed by atoms with Crippen LogP contribution in [0.1, 0.15) is 50.3 Å². The van der Waals surface area contributed by atoms with Crippen LogP contribution in [0, 0.1) is 0 Å². The van der Waals surface area contributed by atoms with Crippen LogP contribution in [0.15, 0.2) is 18.2 Å². The molecule has 1 atom stereocenters. The predicted molar refractivity (Wildman–Crippen MR) is 106 cm³/mol. The minimum Gasteiger partial charge on any atom is -0.497 e. The lowest BCUT2D eigenvalue weighted by atomic mass is 9.82. The Kier molecular flexibility index (Phi) is 3.93. The number of hydrogen-bond donors (Lipinski definition) is 1. The third-order valence-electron chi connectivity index (χ3n) is 7.02. The average Bonchev–Trinajstić information content (AvgIpc) is 3.10. The molecule has 3 aliphatic rings. The lowest BCUT2D eigenvalue weighted by Gasteiger charge is -2.51. The molecule has 1 N–H and O–H groups in total. The first kappa shape index (κ1) is 17.6. The molecule has 2 fully saturated rings. The summed E-state index contributed by atoms with van der Waals surface area (Å²) in [7, 11) is 1.66. The van der Waals surface area contributed by atoms with Gasteiger partial charge in [-0.2, -0.15) is 0 Å². The molecule has 0 unspecified atom stereocenters. The molecule has 0 spiro atoms. The van der Waals surface area contributed by atoms with Gasteiger partial charge in [-0.15, -0.1) is 0 Å². The fraction of sp³-hybridized carbons (Fsp3) is 0.545. The number of nitrogens with zero attached hydrogens (tertiary/aromatic N) is 2. The minimum atomic E-state index is -0.952. The summed E-state index contributed by atoms with van der Waals surface area (Å²) >= 11 is 0. The molecule has 2 aliphatic heterocycles. The Bertz CT molecular complexity index is 959. The highest BCUT2D eigenvalue weighted by atomic mass is 16.5. The van der Waals surface area contributed by atoms with E-state index in [4.69, 9.17) is 4.74 Å². The Hall–Kier alpha value is -2.50. The van der Waals surface area contributed by atoms with Gasteiger partial charge in [-0.05, 0) is 49.9 Å². The number of H-pyrrole nitrogens is 1. The second-order valence-electron chi connectivity index (χ2n) is 8.48. The van der Waals surface area contributed by atoms with Crippen molar-refractivity contribution in [3.05, 3.63) is 29.5 Å². The number of hydrogen-bond acceptors (Lipinski definition) is 3. The largest absolute Gasteiger partial charge is 0.497 e. The van der Waals surface area contributed by atoms with Crippen LogP contribution in [0.5, 0.6) is 5.75 Å². The second-order valence-corrected chi connectivity index (χ2v) is 8.48. The number of methoxy groups -OCH3 is 1. The van der Waals surface area contributed by atoms with Crippen LogP contribution in [0.4, 0.5) is 0 Å². The Morgan fingerprint density at radius 3 is 2.71 bits per heavy atom. The van der Waals surface area contributed by atoms with E-state index in [1.807, 2.05) is 30.0 Å². The predicted octanol–water partition coefficient (Wildman–Crippen LogP) is 2.95. The van der Waals surface area contributed by atoms with Crippen molar-refractivity contribution in [1.82, 2.24) is 14.8 Å². The van der Waals surface area contributed by atoms with Gasteiger partial charge in [-0.3, -0.25) is 9.59 Å². The Labute approximate surface area is 164 Å². The number of rotatable bonds is 2. The van der Waals surface area contributed by atoms with Gasteiger partial charge in [-0.25, -0.2) is 0 Å². The highest BCUT2D eigenvalue weighted by molar-refractivity contribution is 6.01. The molecule has 148 valence electrons. The number of nitrogens with one attached hydrogen (secondary N) is 1. The molecule has 28 heavy (non-hydrogen) atoms. The summed E-state index contributed by atoms with van der Waals surface area (Å²) in [5, 5.41) is 1.09. The van der Waals surface area contributed by atoms with E-state index in [0.717, 1.165) is 60.0 Å². The van der Waals surface area contributed by atoms with Crippen LogP contribution in [-0.2, 0) is 21.5 Å². The molecule has 2 amide bonds. The Morgan fingerprint density at radius 2 is 1.96 bits per heavy atom. The number of aromatic nitrogens is 1. The molecule has 2 aromatic rings. The third-order valence-corrected chi connectivity index (χ3v) is 7.02. The van der Waals surface area contributed by atoms with E-state index in [2.05, 4.69) is 4.98 Å². The molecule has 1 saturated heterocycles. The van der Waals surface area contributed by atoms with Crippen molar-refractivity contribution in [2.75, 3.05) is 20.2 Å². The van der Waals surface area contributed by atoms with Crippen LogP contribution in [0.3, 0.4) is 0 Å². The normalized spacial score (nSPS) is 25.8. The standard InChI is InChI=1S/C22H27N3O3/c1-22-20-16(17-12-15(28-2)8-9-18(17)23-20)10-11-25(22)19(26)13-24(21(22)27)14-6-4-3-5-7-14/h8-9,12,14,23H,3-7,10-11,13H2,1-2H3/t22-/m0/s1. The lowest BCUT2D eigenvalue weighted by Crippen LogP contribution is -2.68.